The molecule has 1 saturated heterocycles. The van der Waals surface area contributed by atoms with Gasteiger partial charge in [-0.1, -0.05) is 0 Å². The van der Waals surface area contributed by atoms with Crippen molar-refractivity contribution in [1.29, 1.82) is 0 Å². The van der Waals surface area contributed by atoms with E-state index in [1.165, 1.54) is 0 Å². The number of alkyl halides is 1. The van der Waals surface area contributed by atoms with Crippen LogP contribution in [0.3, 0.4) is 0 Å². The maximum atomic E-state index is 12.4. The third-order valence-corrected chi connectivity index (χ3v) is 1.38. The van der Waals surface area contributed by atoms with Crippen LogP contribution in [0.25, 0.3) is 0 Å². The van der Waals surface area contributed by atoms with Gasteiger partial charge in [-0.3, -0.25) is 0 Å². The van der Waals surface area contributed by atoms with Gasteiger partial charge in [0.2, 0.25) is 0 Å². The topological polar surface area (TPSA) is 69.9 Å². The summed E-state index contributed by atoms with van der Waals surface area (Å²) in [7, 11) is 0. The molecule has 1 fully saturated rings. The lowest BCUT2D eigenvalue weighted by molar-refractivity contribution is -0.336. The Morgan fingerprint density at radius 3 is 2.40 bits per heavy atom. The molecule has 0 spiro atoms. The minimum atomic E-state index is -2.78. The highest BCUT2D eigenvalue weighted by Crippen LogP contribution is 2.23. The molecule has 0 saturated carbocycles. The number of hydrogen-bond acceptors (Lipinski definition) is 4. The quantitative estimate of drug-likeness (QED) is 0.405. The smallest absolute Gasteiger partial charge is 0.320 e. The molecule has 10 heavy (non-hydrogen) atoms. The molecule has 1 aliphatic rings. The molecule has 0 aromatic heterocycles. The monoisotopic (exact) mass is 152 g/mol. The maximum absolute atomic E-state index is 12.4. The molecule has 0 aromatic rings. The number of hydrogen-bond donors (Lipinski definition) is 3. The predicted molar refractivity (Wildman–Crippen MR) is 28.6 cm³/mol. The molecule has 3 atom stereocenters. The third kappa shape index (κ3) is 1.63. The standard InChI is InChI=1S/C5H9FO4/c6-5(9)1-3(7)4(8)2-10-5/h3-4,7-9H,1-2H2. The third-order valence-electron chi connectivity index (χ3n) is 1.38. The summed E-state index contributed by atoms with van der Waals surface area (Å²) in [4.78, 5) is 0. The van der Waals surface area contributed by atoms with E-state index in [0.29, 0.717) is 0 Å². The van der Waals surface area contributed by atoms with E-state index in [0.717, 1.165) is 0 Å². The van der Waals surface area contributed by atoms with Crippen LogP contribution in [0.5, 0.6) is 0 Å². The molecule has 0 aromatic carbocycles. The molecule has 3 N–H and O–H groups in total. The summed E-state index contributed by atoms with van der Waals surface area (Å²) in [5.41, 5.74) is 0. The molecule has 5 heteroatoms. The molecule has 1 heterocycles. The van der Waals surface area contributed by atoms with Gasteiger partial charge >= 0.3 is 6.04 Å². The fraction of sp³-hybridized carbons (Fsp3) is 1.00. The first-order chi connectivity index (χ1) is 4.51. The van der Waals surface area contributed by atoms with Gasteiger partial charge in [-0.05, 0) is 0 Å². The van der Waals surface area contributed by atoms with Gasteiger partial charge in [0.05, 0.1) is 19.1 Å². The minimum absolute atomic E-state index is 0.381. The van der Waals surface area contributed by atoms with E-state index in [9.17, 15) is 4.39 Å². The van der Waals surface area contributed by atoms with Gasteiger partial charge in [-0.2, -0.15) is 4.39 Å². The molecule has 3 unspecified atom stereocenters. The van der Waals surface area contributed by atoms with Crippen LogP contribution in [0.15, 0.2) is 0 Å². The van der Waals surface area contributed by atoms with Gasteiger partial charge in [-0.25, -0.2) is 0 Å². The second-order valence-electron chi connectivity index (χ2n) is 2.34. The van der Waals surface area contributed by atoms with Crippen LogP contribution >= 0.6 is 0 Å². The lowest BCUT2D eigenvalue weighted by atomic mass is 10.1. The summed E-state index contributed by atoms with van der Waals surface area (Å²) >= 11 is 0. The Kier molecular flexibility index (Phi) is 1.91. The van der Waals surface area contributed by atoms with Crippen molar-refractivity contribution in [3.63, 3.8) is 0 Å². The van der Waals surface area contributed by atoms with Crippen LogP contribution in [0, 0.1) is 0 Å². The van der Waals surface area contributed by atoms with E-state index >= 15 is 0 Å². The summed E-state index contributed by atoms with van der Waals surface area (Å²) < 4.78 is 16.5. The van der Waals surface area contributed by atoms with E-state index in [1.54, 1.807) is 0 Å². The summed E-state index contributed by atoms with van der Waals surface area (Å²) in [6.45, 7) is -0.381. The number of rotatable bonds is 0. The van der Waals surface area contributed by atoms with E-state index < -0.39 is 24.7 Å². The van der Waals surface area contributed by atoms with Crippen molar-refractivity contribution in [3.8, 4) is 0 Å². The summed E-state index contributed by atoms with van der Waals surface area (Å²) in [6, 6.07) is -2.78. The van der Waals surface area contributed by atoms with Crippen LogP contribution in [-0.4, -0.2) is 40.2 Å². The molecule has 60 valence electrons. The molecule has 0 radical (unpaired) electrons. The lowest BCUT2D eigenvalue weighted by Crippen LogP contribution is -2.46. The van der Waals surface area contributed by atoms with Gasteiger partial charge in [0.1, 0.15) is 6.10 Å². The summed E-state index contributed by atoms with van der Waals surface area (Å²) in [5.74, 6) is 0. The van der Waals surface area contributed by atoms with Crippen LogP contribution in [0.1, 0.15) is 6.42 Å². The Morgan fingerprint density at radius 2 is 2.00 bits per heavy atom. The van der Waals surface area contributed by atoms with Crippen molar-refractivity contribution >= 4 is 0 Å². The normalized spacial score (nSPS) is 49.2. The van der Waals surface area contributed by atoms with E-state index in [2.05, 4.69) is 4.74 Å². The molecular weight excluding hydrogens is 143 g/mol. The van der Waals surface area contributed by atoms with Gasteiger partial charge in [0.25, 0.3) is 0 Å². The molecule has 1 rings (SSSR count). The van der Waals surface area contributed by atoms with Crippen LogP contribution in [0.2, 0.25) is 0 Å². The minimum Gasteiger partial charge on any atom is -0.390 e. The zero-order chi connectivity index (χ0) is 7.78. The van der Waals surface area contributed by atoms with Crippen LogP contribution in [0.4, 0.5) is 4.39 Å². The molecule has 0 aliphatic carbocycles. The second kappa shape index (κ2) is 2.43. The second-order valence-corrected chi connectivity index (χ2v) is 2.34. The molecule has 1 aliphatic heterocycles. The highest BCUT2D eigenvalue weighted by atomic mass is 19.2. The van der Waals surface area contributed by atoms with Gasteiger partial charge in [0.15, 0.2) is 0 Å². The predicted octanol–water partition coefficient (Wildman–Crippen LogP) is -1.26. The Balaban J connectivity index is 2.49. The zero-order valence-corrected chi connectivity index (χ0v) is 5.20. The molecule has 0 amide bonds. The number of aliphatic hydroxyl groups is 3. The highest BCUT2D eigenvalue weighted by Gasteiger charge is 2.39. The summed E-state index contributed by atoms with van der Waals surface area (Å²) in [6.07, 6.45) is -2.95. The first-order valence-corrected chi connectivity index (χ1v) is 2.93. The zero-order valence-electron chi connectivity index (χ0n) is 5.20. The van der Waals surface area contributed by atoms with Crippen molar-refractivity contribution in [2.75, 3.05) is 6.61 Å². The van der Waals surface area contributed by atoms with Crippen molar-refractivity contribution in [2.45, 2.75) is 24.7 Å². The maximum Gasteiger partial charge on any atom is 0.320 e. The van der Waals surface area contributed by atoms with Crippen molar-refractivity contribution in [2.24, 2.45) is 0 Å². The molecular formula is C5H9FO4. The first-order valence-electron chi connectivity index (χ1n) is 2.93. The van der Waals surface area contributed by atoms with E-state index in [-0.39, 0.29) is 6.61 Å². The van der Waals surface area contributed by atoms with Crippen molar-refractivity contribution in [1.82, 2.24) is 0 Å². The van der Waals surface area contributed by atoms with E-state index in [1.807, 2.05) is 0 Å². The Bertz CT molecular complexity index is 127. The number of aliphatic hydroxyl groups excluding tert-OH is 2. The average molecular weight is 152 g/mol. The Labute approximate surface area is 56.9 Å². The van der Waals surface area contributed by atoms with Crippen molar-refractivity contribution < 1.29 is 24.4 Å². The molecule has 4 nitrogen and oxygen atoms in total. The van der Waals surface area contributed by atoms with Crippen LogP contribution < -0.4 is 0 Å². The summed E-state index contributed by atoms with van der Waals surface area (Å²) in [5, 5.41) is 26.0. The van der Waals surface area contributed by atoms with Gasteiger partial charge in [-0.15, -0.1) is 0 Å². The number of ether oxygens (including phenoxy) is 1. The highest BCUT2D eigenvalue weighted by molar-refractivity contribution is 4.75. The number of halogens is 1. The van der Waals surface area contributed by atoms with E-state index in [4.69, 9.17) is 15.3 Å². The van der Waals surface area contributed by atoms with Crippen LogP contribution in [-0.2, 0) is 4.74 Å². The Morgan fingerprint density at radius 1 is 1.40 bits per heavy atom. The lowest BCUT2D eigenvalue weighted by Gasteiger charge is -2.31. The fourth-order valence-corrected chi connectivity index (χ4v) is 0.777. The molecule has 0 bridgehead atoms. The largest absolute Gasteiger partial charge is 0.390 e. The van der Waals surface area contributed by atoms with Gasteiger partial charge < -0.3 is 20.1 Å². The fourth-order valence-electron chi connectivity index (χ4n) is 0.777. The van der Waals surface area contributed by atoms with Crippen molar-refractivity contribution in [3.05, 3.63) is 0 Å². The first kappa shape index (κ1) is 7.87. The average Bonchev–Trinajstić information content (AvgIpc) is 1.79. The Hall–Kier alpha value is -0.230. The SMILES string of the molecule is OC1COC(O)(F)CC1O. The van der Waals surface area contributed by atoms with Gasteiger partial charge in [0, 0.05) is 0 Å².